The zero-order chi connectivity index (χ0) is 11.2. The minimum atomic E-state index is 0.354. The Labute approximate surface area is 97.8 Å². The monoisotopic (exact) mass is 216 g/mol. The second kappa shape index (κ2) is 5.80. The van der Waals surface area contributed by atoms with Crippen molar-refractivity contribution in [3.8, 4) is 0 Å². The first-order chi connectivity index (χ1) is 7.86. The summed E-state index contributed by atoms with van der Waals surface area (Å²) in [6.45, 7) is 3.28. The SMILES string of the molecule is CC(NCC1CC=CCC1)c1ccccn1. The molecule has 2 nitrogen and oxygen atoms in total. The van der Waals surface area contributed by atoms with Crippen LogP contribution in [0.3, 0.4) is 0 Å². The molecular weight excluding hydrogens is 196 g/mol. The molecule has 86 valence electrons. The van der Waals surface area contributed by atoms with Gasteiger partial charge in [-0.25, -0.2) is 0 Å². The van der Waals surface area contributed by atoms with Gasteiger partial charge in [-0.15, -0.1) is 0 Å². The van der Waals surface area contributed by atoms with Gasteiger partial charge < -0.3 is 5.32 Å². The minimum Gasteiger partial charge on any atom is -0.309 e. The Morgan fingerprint density at radius 1 is 1.44 bits per heavy atom. The van der Waals surface area contributed by atoms with Crippen molar-refractivity contribution in [1.82, 2.24) is 10.3 Å². The molecule has 0 radical (unpaired) electrons. The smallest absolute Gasteiger partial charge is 0.0570 e. The van der Waals surface area contributed by atoms with Gasteiger partial charge in [0.25, 0.3) is 0 Å². The molecule has 0 saturated heterocycles. The van der Waals surface area contributed by atoms with Crippen LogP contribution in [0.5, 0.6) is 0 Å². The molecule has 0 fully saturated rings. The molecule has 2 rings (SSSR count). The van der Waals surface area contributed by atoms with Crippen LogP contribution >= 0.6 is 0 Å². The van der Waals surface area contributed by atoms with Crippen molar-refractivity contribution in [1.29, 1.82) is 0 Å². The maximum atomic E-state index is 4.37. The summed E-state index contributed by atoms with van der Waals surface area (Å²) in [6, 6.07) is 6.44. The van der Waals surface area contributed by atoms with Gasteiger partial charge in [-0.1, -0.05) is 18.2 Å². The third-order valence-electron chi connectivity index (χ3n) is 3.22. The van der Waals surface area contributed by atoms with Crippen LogP contribution in [0, 0.1) is 5.92 Å². The summed E-state index contributed by atoms with van der Waals surface area (Å²) in [5, 5.41) is 3.57. The van der Waals surface area contributed by atoms with E-state index in [1.165, 1.54) is 19.3 Å². The van der Waals surface area contributed by atoms with Gasteiger partial charge in [-0.2, -0.15) is 0 Å². The number of hydrogen-bond donors (Lipinski definition) is 1. The van der Waals surface area contributed by atoms with E-state index in [1.54, 1.807) is 0 Å². The molecule has 1 N–H and O–H groups in total. The quantitative estimate of drug-likeness (QED) is 0.782. The average molecular weight is 216 g/mol. The fourth-order valence-electron chi connectivity index (χ4n) is 2.12. The topological polar surface area (TPSA) is 24.9 Å². The van der Waals surface area contributed by atoms with Crippen molar-refractivity contribution >= 4 is 0 Å². The Kier molecular flexibility index (Phi) is 4.11. The van der Waals surface area contributed by atoms with Gasteiger partial charge in [0.15, 0.2) is 0 Å². The molecule has 0 amide bonds. The van der Waals surface area contributed by atoms with Crippen molar-refractivity contribution in [3.63, 3.8) is 0 Å². The van der Waals surface area contributed by atoms with Gasteiger partial charge in [0.05, 0.1) is 5.69 Å². The second-order valence-electron chi connectivity index (χ2n) is 4.54. The lowest BCUT2D eigenvalue weighted by atomic mass is 9.94. The first-order valence-electron chi connectivity index (χ1n) is 6.15. The maximum Gasteiger partial charge on any atom is 0.0570 e. The lowest BCUT2D eigenvalue weighted by Gasteiger charge is -2.21. The van der Waals surface area contributed by atoms with Gasteiger partial charge in [0, 0.05) is 12.2 Å². The van der Waals surface area contributed by atoms with Crippen molar-refractivity contribution in [2.24, 2.45) is 5.92 Å². The molecule has 0 aromatic carbocycles. The highest BCUT2D eigenvalue weighted by Gasteiger charge is 2.12. The van der Waals surface area contributed by atoms with Crippen LogP contribution < -0.4 is 5.32 Å². The van der Waals surface area contributed by atoms with Crippen LogP contribution in [0.1, 0.15) is 37.9 Å². The van der Waals surface area contributed by atoms with E-state index in [1.807, 2.05) is 18.3 Å². The summed E-state index contributed by atoms with van der Waals surface area (Å²) >= 11 is 0. The Hall–Kier alpha value is -1.15. The van der Waals surface area contributed by atoms with E-state index in [0.717, 1.165) is 18.2 Å². The summed E-state index contributed by atoms with van der Waals surface area (Å²) < 4.78 is 0. The number of nitrogens with one attached hydrogen (secondary N) is 1. The number of hydrogen-bond acceptors (Lipinski definition) is 2. The fraction of sp³-hybridized carbons (Fsp3) is 0.500. The number of nitrogens with zero attached hydrogens (tertiary/aromatic N) is 1. The third kappa shape index (κ3) is 3.17. The minimum absolute atomic E-state index is 0.354. The number of allylic oxidation sites excluding steroid dienone is 2. The van der Waals surface area contributed by atoms with Gasteiger partial charge in [-0.3, -0.25) is 4.98 Å². The van der Waals surface area contributed by atoms with Gasteiger partial charge in [-0.05, 0) is 50.8 Å². The summed E-state index contributed by atoms with van der Waals surface area (Å²) in [7, 11) is 0. The van der Waals surface area contributed by atoms with Crippen LogP contribution in [0.15, 0.2) is 36.5 Å². The number of aromatic nitrogens is 1. The molecule has 1 heterocycles. The Balaban J connectivity index is 1.79. The summed E-state index contributed by atoms with van der Waals surface area (Å²) in [6.07, 6.45) is 10.2. The zero-order valence-corrected chi connectivity index (χ0v) is 9.89. The molecule has 1 aliphatic rings. The molecule has 2 unspecified atom stereocenters. The van der Waals surface area contributed by atoms with E-state index in [-0.39, 0.29) is 0 Å². The normalized spacial score (nSPS) is 21.9. The molecule has 2 heteroatoms. The third-order valence-corrected chi connectivity index (χ3v) is 3.22. The Bertz CT molecular complexity index is 332. The van der Waals surface area contributed by atoms with Crippen LogP contribution in [0.4, 0.5) is 0 Å². The van der Waals surface area contributed by atoms with Crippen molar-refractivity contribution in [3.05, 3.63) is 42.2 Å². The highest BCUT2D eigenvalue weighted by atomic mass is 14.9. The first-order valence-corrected chi connectivity index (χ1v) is 6.15. The van der Waals surface area contributed by atoms with Crippen molar-refractivity contribution < 1.29 is 0 Å². The van der Waals surface area contributed by atoms with Gasteiger partial charge >= 0.3 is 0 Å². The molecular formula is C14H20N2. The van der Waals surface area contributed by atoms with E-state index >= 15 is 0 Å². The van der Waals surface area contributed by atoms with Crippen LogP contribution in [0.2, 0.25) is 0 Å². The second-order valence-corrected chi connectivity index (χ2v) is 4.54. The highest BCUT2D eigenvalue weighted by Crippen LogP contribution is 2.18. The van der Waals surface area contributed by atoms with Crippen molar-refractivity contribution in [2.45, 2.75) is 32.2 Å². The number of pyridine rings is 1. The lowest BCUT2D eigenvalue weighted by molar-refractivity contribution is 0.413. The van der Waals surface area contributed by atoms with E-state index in [0.29, 0.717) is 6.04 Å². The highest BCUT2D eigenvalue weighted by molar-refractivity contribution is 5.07. The van der Waals surface area contributed by atoms with E-state index in [9.17, 15) is 0 Å². The van der Waals surface area contributed by atoms with Gasteiger partial charge in [0.2, 0.25) is 0 Å². The maximum absolute atomic E-state index is 4.37. The van der Waals surface area contributed by atoms with Crippen LogP contribution in [-0.2, 0) is 0 Å². The Morgan fingerprint density at radius 3 is 3.06 bits per heavy atom. The lowest BCUT2D eigenvalue weighted by Crippen LogP contribution is -2.26. The molecule has 0 saturated carbocycles. The largest absolute Gasteiger partial charge is 0.309 e. The molecule has 16 heavy (non-hydrogen) atoms. The summed E-state index contributed by atoms with van der Waals surface area (Å²) in [5.74, 6) is 0.802. The van der Waals surface area contributed by atoms with E-state index in [2.05, 4.69) is 35.4 Å². The van der Waals surface area contributed by atoms with Crippen molar-refractivity contribution in [2.75, 3.05) is 6.54 Å². The molecule has 1 aromatic rings. The van der Waals surface area contributed by atoms with Crippen LogP contribution in [0.25, 0.3) is 0 Å². The molecule has 0 aliphatic heterocycles. The average Bonchev–Trinajstić information content (AvgIpc) is 2.38. The predicted octanol–water partition coefficient (Wildman–Crippen LogP) is 3.09. The molecule has 0 spiro atoms. The zero-order valence-electron chi connectivity index (χ0n) is 9.89. The molecule has 2 atom stereocenters. The van der Waals surface area contributed by atoms with E-state index in [4.69, 9.17) is 0 Å². The fourth-order valence-corrected chi connectivity index (χ4v) is 2.12. The summed E-state index contributed by atoms with van der Waals surface area (Å²) in [4.78, 5) is 4.37. The van der Waals surface area contributed by atoms with Gasteiger partial charge in [0.1, 0.15) is 0 Å². The molecule has 1 aliphatic carbocycles. The van der Waals surface area contributed by atoms with Crippen LogP contribution in [-0.4, -0.2) is 11.5 Å². The Morgan fingerprint density at radius 2 is 2.38 bits per heavy atom. The standard InChI is InChI=1S/C14H20N2/c1-12(14-9-5-6-10-15-14)16-11-13-7-3-2-4-8-13/h2-3,5-6,9-10,12-13,16H,4,7-8,11H2,1H3. The first kappa shape index (κ1) is 11.3. The van der Waals surface area contributed by atoms with E-state index < -0.39 is 0 Å². The molecule has 1 aromatic heterocycles. The molecule has 0 bridgehead atoms. The number of rotatable bonds is 4. The predicted molar refractivity (Wildman–Crippen MR) is 67.1 cm³/mol. The summed E-state index contributed by atoms with van der Waals surface area (Å²) in [5.41, 5.74) is 1.13.